The van der Waals surface area contributed by atoms with Gasteiger partial charge in [-0.15, -0.1) is 22.7 Å². The fourth-order valence-corrected chi connectivity index (χ4v) is 3.20. The van der Waals surface area contributed by atoms with Gasteiger partial charge in [0.2, 0.25) is 0 Å². The standard InChI is InChI=1S/C12H11N3O2S2/c1-2-17-11(16)3-8-5-19-12-14-9(4-15(8)12)10-6-18-7-13-10/h4-7H,2-3H2,1H3. The average molecular weight is 293 g/mol. The lowest BCUT2D eigenvalue weighted by atomic mass is 10.3. The van der Waals surface area contributed by atoms with Crippen LogP contribution in [-0.2, 0) is 16.0 Å². The first kappa shape index (κ1) is 12.3. The van der Waals surface area contributed by atoms with Crippen molar-refractivity contribution >= 4 is 33.6 Å². The molecular weight excluding hydrogens is 282 g/mol. The molecule has 98 valence electrons. The number of rotatable bonds is 4. The molecule has 0 saturated heterocycles. The number of imidazole rings is 1. The fourth-order valence-electron chi connectivity index (χ4n) is 1.78. The third-order valence-corrected chi connectivity index (χ3v) is 4.08. The van der Waals surface area contributed by atoms with Gasteiger partial charge in [-0.2, -0.15) is 0 Å². The van der Waals surface area contributed by atoms with E-state index < -0.39 is 0 Å². The van der Waals surface area contributed by atoms with Gasteiger partial charge in [0.1, 0.15) is 11.4 Å². The summed E-state index contributed by atoms with van der Waals surface area (Å²) in [5, 5.41) is 3.89. The van der Waals surface area contributed by atoms with Gasteiger partial charge in [0.25, 0.3) is 0 Å². The Balaban J connectivity index is 1.92. The molecule has 3 heterocycles. The van der Waals surface area contributed by atoms with E-state index in [4.69, 9.17) is 4.74 Å². The maximum atomic E-state index is 11.5. The van der Waals surface area contributed by atoms with Crippen LogP contribution < -0.4 is 0 Å². The van der Waals surface area contributed by atoms with Crippen molar-refractivity contribution in [3.8, 4) is 11.4 Å². The van der Waals surface area contributed by atoms with E-state index in [9.17, 15) is 4.79 Å². The fraction of sp³-hybridized carbons (Fsp3) is 0.250. The summed E-state index contributed by atoms with van der Waals surface area (Å²) in [4.78, 5) is 21.1. The number of ether oxygens (including phenoxy) is 1. The predicted octanol–water partition coefficient (Wildman–Crippen LogP) is 2.62. The highest BCUT2D eigenvalue weighted by Gasteiger charge is 2.13. The third kappa shape index (κ3) is 2.39. The molecule has 0 radical (unpaired) electrons. The minimum absolute atomic E-state index is 0.217. The summed E-state index contributed by atoms with van der Waals surface area (Å²) in [7, 11) is 0. The summed E-state index contributed by atoms with van der Waals surface area (Å²) in [6, 6.07) is 0. The Morgan fingerprint density at radius 1 is 1.42 bits per heavy atom. The van der Waals surface area contributed by atoms with Crippen molar-refractivity contribution in [2.24, 2.45) is 0 Å². The first-order chi connectivity index (χ1) is 9.28. The first-order valence-electron chi connectivity index (χ1n) is 5.77. The van der Waals surface area contributed by atoms with Crippen molar-refractivity contribution in [2.75, 3.05) is 6.61 Å². The lowest BCUT2D eigenvalue weighted by molar-refractivity contribution is -0.142. The molecule has 7 heteroatoms. The Bertz CT molecular complexity index is 700. The molecule has 0 saturated carbocycles. The molecule has 0 unspecified atom stereocenters. The number of hydrogen-bond donors (Lipinski definition) is 0. The van der Waals surface area contributed by atoms with Crippen LogP contribution in [-0.4, -0.2) is 26.9 Å². The van der Waals surface area contributed by atoms with Gasteiger partial charge in [0.05, 0.1) is 18.5 Å². The van der Waals surface area contributed by atoms with Gasteiger partial charge in [0, 0.05) is 22.7 Å². The van der Waals surface area contributed by atoms with Crippen LogP contribution in [0.3, 0.4) is 0 Å². The first-order valence-corrected chi connectivity index (χ1v) is 7.60. The zero-order valence-electron chi connectivity index (χ0n) is 10.2. The Kier molecular flexibility index (Phi) is 3.31. The van der Waals surface area contributed by atoms with E-state index >= 15 is 0 Å². The highest BCUT2D eigenvalue weighted by Crippen LogP contribution is 2.23. The molecule has 0 N–H and O–H groups in total. The average Bonchev–Trinajstić information content (AvgIpc) is 3.05. The Morgan fingerprint density at radius 2 is 2.32 bits per heavy atom. The predicted molar refractivity (Wildman–Crippen MR) is 74.5 cm³/mol. The van der Waals surface area contributed by atoms with Crippen LogP contribution in [0.4, 0.5) is 0 Å². The number of fused-ring (bicyclic) bond motifs is 1. The quantitative estimate of drug-likeness (QED) is 0.694. The normalized spacial score (nSPS) is 11.0. The molecule has 0 amide bonds. The minimum Gasteiger partial charge on any atom is -0.466 e. The molecule has 0 aliphatic rings. The Hall–Kier alpha value is -1.73. The van der Waals surface area contributed by atoms with E-state index in [2.05, 4.69) is 9.97 Å². The van der Waals surface area contributed by atoms with Crippen molar-refractivity contribution in [1.82, 2.24) is 14.4 Å². The van der Waals surface area contributed by atoms with Gasteiger partial charge in [-0.05, 0) is 6.92 Å². The highest BCUT2D eigenvalue weighted by atomic mass is 32.1. The number of nitrogens with zero attached hydrogens (tertiary/aromatic N) is 3. The third-order valence-electron chi connectivity index (χ3n) is 2.61. The lowest BCUT2D eigenvalue weighted by Crippen LogP contribution is -2.08. The lowest BCUT2D eigenvalue weighted by Gasteiger charge is -2.00. The summed E-state index contributed by atoms with van der Waals surface area (Å²) in [5.41, 5.74) is 4.37. The van der Waals surface area contributed by atoms with E-state index in [1.165, 1.54) is 22.7 Å². The van der Waals surface area contributed by atoms with Gasteiger partial charge in [0.15, 0.2) is 4.96 Å². The highest BCUT2D eigenvalue weighted by molar-refractivity contribution is 7.15. The van der Waals surface area contributed by atoms with Crippen LogP contribution in [0.5, 0.6) is 0 Å². The van der Waals surface area contributed by atoms with Gasteiger partial charge in [-0.3, -0.25) is 9.20 Å². The topological polar surface area (TPSA) is 56.5 Å². The second-order valence-corrected chi connectivity index (χ2v) is 5.42. The number of aromatic nitrogens is 3. The molecule has 3 rings (SSSR count). The van der Waals surface area contributed by atoms with E-state index in [1.807, 2.05) is 21.4 Å². The van der Waals surface area contributed by atoms with Crippen molar-refractivity contribution in [3.05, 3.63) is 28.2 Å². The van der Waals surface area contributed by atoms with Crippen LogP contribution in [0.2, 0.25) is 0 Å². The molecule has 0 aliphatic heterocycles. The summed E-state index contributed by atoms with van der Waals surface area (Å²) in [6.45, 7) is 2.21. The van der Waals surface area contributed by atoms with E-state index in [1.54, 1.807) is 12.4 Å². The summed E-state index contributed by atoms with van der Waals surface area (Å²) < 4.78 is 6.89. The molecule has 0 bridgehead atoms. The van der Waals surface area contributed by atoms with Crippen LogP contribution >= 0.6 is 22.7 Å². The number of carbonyl (C=O) groups is 1. The number of carbonyl (C=O) groups excluding carboxylic acids is 1. The molecule has 19 heavy (non-hydrogen) atoms. The van der Waals surface area contributed by atoms with Crippen molar-refractivity contribution in [1.29, 1.82) is 0 Å². The van der Waals surface area contributed by atoms with Gasteiger partial charge in [-0.1, -0.05) is 0 Å². The zero-order valence-corrected chi connectivity index (χ0v) is 11.8. The van der Waals surface area contributed by atoms with Crippen molar-refractivity contribution in [2.45, 2.75) is 13.3 Å². The monoisotopic (exact) mass is 293 g/mol. The summed E-state index contributed by atoms with van der Waals surface area (Å²) in [5.74, 6) is -0.217. The molecule has 0 aromatic carbocycles. The largest absolute Gasteiger partial charge is 0.466 e. The van der Waals surface area contributed by atoms with E-state index in [0.717, 1.165) is 22.0 Å². The van der Waals surface area contributed by atoms with Gasteiger partial charge in [-0.25, -0.2) is 9.97 Å². The molecule has 3 aromatic rings. The number of thiazole rings is 2. The van der Waals surface area contributed by atoms with Crippen molar-refractivity contribution in [3.63, 3.8) is 0 Å². The molecule has 0 spiro atoms. The molecule has 0 atom stereocenters. The number of esters is 1. The molecule has 0 fully saturated rings. The van der Waals surface area contributed by atoms with Crippen LogP contribution in [0.25, 0.3) is 16.3 Å². The van der Waals surface area contributed by atoms with E-state index in [0.29, 0.717) is 6.61 Å². The molecule has 3 aromatic heterocycles. The second-order valence-electron chi connectivity index (χ2n) is 3.86. The maximum absolute atomic E-state index is 11.5. The Labute approximate surface area is 117 Å². The van der Waals surface area contributed by atoms with Crippen molar-refractivity contribution < 1.29 is 9.53 Å². The van der Waals surface area contributed by atoms with Crippen LogP contribution in [0, 0.1) is 0 Å². The van der Waals surface area contributed by atoms with Crippen LogP contribution in [0.15, 0.2) is 22.5 Å². The SMILES string of the molecule is CCOC(=O)Cc1csc2nc(-c3cscn3)cn12. The summed E-state index contributed by atoms with van der Waals surface area (Å²) in [6.07, 6.45) is 2.18. The Morgan fingerprint density at radius 3 is 3.05 bits per heavy atom. The van der Waals surface area contributed by atoms with Crippen LogP contribution in [0.1, 0.15) is 12.6 Å². The maximum Gasteiger partial charge on any atom is 0.311 e. The molecule has 0 aliphatic carbocycles. The van der Waals surface area contributed by atoms with E-state index in [-0.39, 0.29) is 12.4 Å². The van der Waals surface area contributed by atoms with Gasteiger partial charge >= 0.3 is 5.97 Å². The van der Waals surface area contributed by atoms with Gasteiger partial charge < -0.3 is 4.74 Å². The smallest absolute Gasteiger partial charge is 0.311 e. The second kappa shape index (κ2) is 5.10. The minimum atomic E-state index is -0.217. The number of hydrogen-bond acceptors (Lipinski definition) is 6. The molecular formula is C12H11N3O2S2. The molecule has 5 nitrogen and oxygen atoms in total. The summed E-state index contributed by atoms with van der Waals surface area (Å²) >= 11 is 3.05. The zero-order chi connectivity index (χ0) is 13.2.